The van der Waals surface area contributed by atoms with E-state index in [-0.39, 0.29) is 18.7 Å². The van der Waals surface area contributed by atoms with Crippen LogP contribution in [0, 0.1) is 0 Å². The van der Waals surface area contributed by atoms with Crippen LogP contribution in [0.15, 0.2) is 39.0 Å². The maximum Gasteiger partial charge on any atom is 0.433 e. The van der Waals surface area contributed by atoms with Crippen molar-refractivity contribution >= 4 is 11.8 Å². The van der Waals surface area contributed by atoms with Crippen molar-refractivity contribution < 1.29 is 27.5 Å². The largest absolute Gasteiger partial charge is 0.492 e. The van der Waals surface area contributed by atoms with Gasteiger partial charge in [-0.25, -0.2) is 14.2 Å². The molecule has 0 saturated carbocycles. The molecule has 1 aliphatic heterocycles. The van der Waals surface area contributed by atoms with Crippen molar-refractivity contribution in [3.8, 4) is 11.4 Å². The number of fused-ring (bicyclic) bond motifs is 1. The molecule has 0 fully saturated rings. The van der Waals surface area contributed by atoms with Gasteiger partial charge < -0.3 is 10.1 Å². The summed E-state index contributed by atoms with van der Waals surface area (Å²) < 4.78 is 45.5. The molecule has 29 heavy (non-hydrogen) atoms. The maximum absolute atomic E-state index is 13.0. The highest BCUT2D eigenvalue weighted by Crippen LogP contribution is 2.28. The molecule has 1 amide bonds. The minimum absolute atomic E-state index is 0.0150. The Balaban J connectivity index is 2.13. The molecule has 2 aromatic rings. The van der Waals surface area contributed by atoms with Crippen molar-refractivity contribution in [1.82, 2.24) is 14.5 Å². The highest BCUT2D eigenvalue weighted by molar-refractivity contribution is 6.04. The Morgan fingerprint density at radius 3 is 2.66 bits per heavy atom. The van der Waals surface area contributed by atoms with E-state index < -0.39 is 29.2 Å². The van der Waals surface area contributed by atoms with Gasteiger partial charge in [0.05, 0.1) is 18.0 Å². The van der Waals surface area contributed by atoms with E-state index in [1.807, 2.05) is 0 Å². The van der Waals surface area contributed by atoms with Gasteiger partial charge in [-0.05, 0) is 18.2 Å². The number of aromatic nitrogens is 2. The second-order valence-electron chi connectivity index (χ2n) is 5.99. The van der Waals surface area contributed by atoms with Crippen molar-refractivity contribution in [2.45, 2.75) is 12.6 Å². The third kappa shape index (κ3) is 3.86. The molecular formula is C17H15F3N4O5. The van der Waals surface area contributed by atoms with Crippen LogP contribution in [0.3, 0.4) is 0 Å². The molecule has 0 atom stereocenters. The average molecular weight is 412 g/mol. The minimum Gasteiger partial charge on any atom is -0.492 e. The summed E-state index contributed by atoms with van der Waals surface area (Å²) in [6.07, 6.45) is -5.38. The van der Waals surface area contributed by atoms with Crippen LogP contribution in [0.5, 0.6) is 5.75 Å². The second kappa shape index (κ2) is 7.45. The number of alkyl halides is 3. The zero-order valence-corrected chi connectivity index (χ0v) is 15.2. The first-order valence-corrected chi connectivity index (χ1v) is 8.27. The monoisotopic (exact) mass is 412 g/mol. The molecule has 154 valence electrons. The topological polar surface area (TPSA) is 104 Å². The summed E-state index contributed by atoms with van der Waals surface area (Å²) in [6.45, 7) is 0.254. The van der Waals surface area contributed by atoms with Crippen molar-refractivity contribution in [3.63, 3.8) is 0 Å². The summed E-state index contributed by atoms with van der Waals surface area (Å²) in [5.41, 5.74) is -2.99. The van der Waals surface area contributed by atoms with Gasteiger partial charge in [-0.15, -0.1) is 0 Å². The third-order valence-electron chi connectivity index (χ3n) is 4.18. The predicted octanol–water partition coefficient (Wildman–Crippen LogP) is 1.40. The summed E-state index contributed by atoms with van der Waals surface area (Å²) in [5.74, 6) is 0.357. The second-order valence-corrected chi connectivity index (χ2v) is 5.99. The molecule has 0 aliphatic carbocycles. The molecule has 1 aromatic heterocycles. The lowest BCUT2D eigenvalue weighted by molar-refractivity contribution is -0.144. The van der Waals surface area contributed by atoms with Crippen molar-refractivity contribution in [1.29, 1.82) is 0 Å². The van der Waals surface area contributed by atoms with Gasteiger partial charge in [-0.1, -0.05) is 5.16 Å². The molecule has 12 heteroatoms. The number of hydrogen-bond donors (Lipinski definition) is 1. The number of nitrogens with one attached hydrogen (secondary N) is 1. The normalized spacial score (nSPS) is 14.9. The Kier molecular flexibility index (Phi) is 5.18. The summed E-state index contributed by atoms with van der Waals surface area (Å²) in [4.78, 5) is 40.6. The van der Waals surface area contributed by atoms with Crippen LogP contribution in [0.2, 0.25) is 0 Å². The molecule has 1 aromatic carbocycles. The van der Waals surface area contributed by atoms with E-state index >= 15 is 0 Å². The van der Waals surface area contributed by atoms with Gasteiger partial charge in [0, 0.05) is 32.1 Å². The molecular weight excluding hydrogens is 397 g/mol. The number of benzene rings is 1. The fraction of sp³-hybridized carbons (Fsp3) is 0.294. The smallest absolute Gasteiger partial charge is 0.433 e. The predicted molar refractivity (Wildman–Crippen MR) is 94.5 cm³/mol. The van der Waals surface area contributed by atoms with E-state index in [0.29, 0.717) is 32.2 Å². The molecule has 3 rings (SSSR count). The average Bonchev–Trinajstić information content (AvgIpc) is 2.68. The zero-order chi connectivity index (χ0) is 21.3. The number of ether oxygens (including phenoxy) is 1. The first kappa shape index (κ1) is 20.2. The highest BCUT2D eigenvalue weighted by Gasteiger charge is 2.35. The van der Waals surface area contributed by atoms with E-state index in [4.69, 9.17) is 4.74 Å². The maximum atomic E-state index is 13.0. The van der Waals surface area contributed by atoms with Crippen molar-refractivity contribution in [3.05, 3.63) is 56.4 Å². The van der Waals surface area contributed by atoms with Gasteiger partial charge in [0.2, 0.25) is 0 Å². The molecule has 1 N–H and O–H groups in total. The van der Waals surface area contributed by atoms with Gasteiger partial charge in [0.15, 0.2) is 0 Å². The molecule has 0 spiro atoms. The first-order valence-electron chi connectivity index (χ1n) is 8.27. The molecule has 2 heterocycles. The summed E-state index contributed by atoms with van der Waals surface area (Å²) in [5, 5.41) is 5.97. The van der Waals surface area contributed by atoms with Crippen LogP contribution in [-0.2, 0) is 18.1 Å². The third-order valence-corrected chi connectivity index (χ3v) is 4.18. The Morgan fingerprint density at radius 2 is 2.00 bits per heavy atom. The fourth-order valence-corrected chi connectivity index (χ4v) is 2.77. The van der Waals surface area contributed by atoms with Gasteiger partial charge in [-0.2, -0.15) is 13.2 Å². The van der Waals surface area contributed by atoms with Gasteiger partial charge in [0.25, 0.3) is 5.56 Å². The molecule has 0 saturated heterocycles. The van der Waals surface area contributed by atoms with E-state index in [1.165, 1.54) is 25.2 Å². The number of amides is 1. The van der Waals surface area contributed by atoms with Crippen LogP contribution >= 0.6 is 0 Å². The molecule has 0 unspecified atom stereocenters. The lowest BCUT2D eigenvalue weighted by atomic mass is 10.0. The minimum atomic E-state index is -4.85. The van der Waals surface area contributed by atoms with E-state index in [9.17, 15) is 27.6 Å². The SMILES string of the molecule is CNC(=O)O/N=C1\CCOc2ccc(-n3c(=O)cc(C(F)(F)F)n(C)c3=O)cc21. The standard InChI is InChI=1S/C17H15F3N4O5/c1-21-15(26)29-22-11-5-6-28-12-4-3-9(7-10(11)12)24-14(25)8-13(17(18,19)20)23(2)16(24)27/h3-4,7-8H,5-6H2,1-2H3,(H,21,26)/b22-11+. The first-order chi connectivity index (χ1) is 13.6. The van der Waals surface area contributed by atoms with Crippen molar-refractivity contribution in [2.75, 3.05) is 13.7 Å². The number of halogens is 3. The highest BCUT2D eigenvalue weighted by atomic mass is 19.4. The van der Waals surface area contributed by atoms with Crippen molar-refractivity contribution in [2.24, 2.45) is 12.2 Å². The molecule has 0 bridgehead atoms. The van der Waals surface area contributed by atoms with E-state index in [1.54, 1.807) is 0 Å². The van der Waals surface area contributed by atoms with Gasteiger partial charge in [-0.3, -0.25) is 14.2 Å². The molecule has 0 radical (unpaired) electrons. The van der Waals surface area contributed by atoms with E-state index in [2.05, 4.69) is 15.3 Å². The number of nitrogens with zero attached hydrogens (tertiary/aromatic N) is 3. The Morgan fingerprint density at radius 1 is 1.28 bits per heavy atom. The fourth-order valence-electron chi connectivity index (χ4n) is 2.77. The van der Waals surface area contributed by atoms with Crippen LogP contribution in [0.4, 0.5) is 18.0 Å². The van der Waals surface area contributed by atoms with Gasteiger partial charge >= 0.3 is 18.0 Å². The van der Waals surface area contributed by atoms with Crippen LogP contribution < -0.4 is 21.3 Å². The van der Waals surface area contributed by atoms with Crippen LogP contribution in [0.1, 0.15) is 17.7 Å². The lowest BCUT2D eigenvalue weighted by Gasteiger charge is -2.20. The zero-order valence-electron chi connectivity index (χ0n) is 15.2. The van der Waals surface area contributed by atoms with Gasteiger partial charge in [0.1, 0.15) is 11.4 Å². The Bertz CT molecular complexity index is 1120. The summed E-state index contributed by atoms with van der Waals surface area (Å²) >= 11 is 0. The van der Waals surface area contributed by atoms with Crippen LogP contribution in [-0.4, -0.2) is 34.6 Å². The van der Waals surface area contributed by atoms with Crippen LogP contribution in [0.25, 0.3) is 5.69 Å². The number of oxime groups is 1. The Hall–Kier alpha value is -3.57. The Labute approximate surface area is 161 Å². The summed E-state index contributed by atoms with van der Waals surface area (Å²) in [7, 11) is 2.28. The molecule has 1 aliphatic rings. The summed E-state index contributed by atoms with van der Waals surface area (Å²) in [6, 6.07) is 4.51. The quantitative estimate of drug-likeness (QED) is 0.593. The molecule has 9 nitrogen and oxygen atoms in total. The van der Waals surface area contributed by atoms with E-state index in [0.717, 1.165) is 7.05 Å². The number of hydrogen-bond acceptors (Lipinski definition) is 6. The lowest BCUT2D eigenvalue weighted by Crippen LogP contribution is -2.40. The number of rotatable bonds is 2. The number of carbonyl (C=O) groups is 1. The number of carbonyl (C=O) groups excluding carboxylic acids is 1.